The molecular formula is C8H14N2OS. The van der Waals surface area contributed by atoms with Crippen LogP contribution in [0.5, 0.6) is 0 Å². The number of imidazole rings is 1. The summed E-state index contributed by atoms with van der Waals surface area (Å²) in [6, 6.07) is 0. The van der Waals surface area contributed by atoms with Crippen LogP contribution in [0.25, 0.3) is 0 Å². The minimum atomic E-state index is 0.724. The molecule has 0 saturated carbocycles. The Hall–Kier alpha value is -0.610. The maximum atomic E-state index is 5.22. The highest BCUT2D eigenvalue weighted by molar-refractivity contribution is 7.71. The summed E-state index contributed by atoms with van der Waals surface area (Å²) in [5, 5.41) is 0. The lowest BCUT2D eigenvalue weighted by atomic mass is 10.5. The number of H-pyrrole nitrogens is 1. The molecule has 1 rings (SSSR count). The summed E-state index contributed by atoms with van der Waals surface area (Å²) in [6.07, 6.45) is 2.00. The lowest BCUT2D eigenvalue weighted by molar-refractivity contribution is 0.138. The first kappa shape index (κ1) is 9.48. The van der Waals surface area contributed by atoms with Crippen LogP contribution in [0, 0.1) is 11.7 Å². The predicted molar refractivity (Wildman–Crippen MR) is 50.8 cm³/mol. The minimum Gasteiger partial charge on any atom is -0.380 e. The van der Waals surface area contributed by atoms with Crippen molar-refractivity contribution in [3.8, 4) is 0 Å². The number of hydrogen-bond acceptors (Lipinski definition) is 2. The fourth-order valence-electron chi connectivity index (χ4n) is 1.04. The molecule has 1 aromatic rings. The highest BCUT2D eigenvalue weighted by Gasteiger charge is 1.94. The van der Waals surface area contributed by atoms with Crippen LogP contribution < -0.4 is 0 Å². The summed E-state index contributed by atoms with van der Waals surface area (Å²) in [6.45, 7) is 6.30. The van der Waals surface area contributed by atoms with E-state index >= 15 is 0 Å². The van der Waals surface area contributed by atoms with E-state index in [9.17, 15) is 0 Å². The quantitative estimate of drug-likeness (QED) is 0.575. The van der Waals surface area contributed by atoms with Gasteiger partial charge in [-0.2, -0.15) is 0 Å². The van der Waals surface area contributed by atoms with Crippen LogP contribution in [0.4, 0.5) is 0 Å². The van der Waals surface area contributed by atoms with Crippen molar-refractivity contribution in [2.75, 3.05) is 13.2 Å². The third-order valence-electron chi connectivity index (χ3n) is 1.60. The van der Waals surface area contributed by atoms with E-state index in [1.54, 1.807) is 0 Å². The molecule has 1 aromatic heterocycles. The second-order valence-corrected chi connectivity index (χ2v) is 3.02. The average Bonchev–Trinajstić information content (AvgIpc) is 2.31. The van der Waals surface area contributed by atoms with E-state index in [0.717, 1.165) is 30.2 Å². The van der Waals surface area contributed by atoms with Crippen molar-refractivity contribution < 1.29 is 4.74 Å². The second-order valence-electron chi connectivity index (χ2n) is 2.63. The van der Waals surface area contributed by atoms with Gasteiger partial charge in [0.1, 0.15) is 0 Å². The van der Waals surface area contributed by atoms with Crippen LogP contribution >= 0.6 is 12.2 Å². The van der Waals surface area contributed by atoms with Gasteiger partial charge in [0.05, 0.1) is 6.61 Å². The Morgan fingerprint density at radius 1 is 1.67 bits per heavy atom. The number of aromatic nitrogens is 2. The molecule has 0 amide bonds. The highest BCUT2D eigenvalue weighted by atomic mass is 32.1. The summed E-state index contributed by atoms with van der Waals surface area (Å²) in [5.41, 5.74) is 1.09. The molecule has 68 valence electrons. The normalized spacial score (nSPS) is 10.5. The van der Waals surface area contributed by atoms with Gasteiger partial charge < -0.3 is 14.3 Å². The van der Waals surface area contributed by atoms with Gasteiger partial charge in [-0.05, 0) is 26.1 Å². The standard InChI is InChI=1S/C8H14N2OS/c1-3-11-5-4-10-6-7(2)9-8(10)12/h6H,3-5H2,1-2H3,(H,9,12). The zero-order chi connectivity index (χ0) is 8.97. The fourth-order valence-corrected chi connectivity index (χ4v) is 1.34. The van der Waals surface area contributed by atoms with Gasteiger partial charge in [-0.3, -0.25) is 0 Å². The second kappa shape index (κ2) is 4.42. The Labute approximate surface area is 77.4 Å². The van der Waals surface area contributed by atoms with E-state index < -0.39 is 0 Å². The Balaban J connectivity index is 2.51. The van der Waals surface area contributed by atoms with E-state index in [2.05, 4.69) is 4.98 Å². The first-order valence-electron chi connectivity index (χ1n) is 4.08. The number of nitrogens with zero attached hydrogens (tertiary/aromatic N) is 1. The van der Waals surface area contributed by atoms with Gasteiger partial charge in [-0.1, -0.05) is 0 Å². The van der Waals surface area contributed by atoms with Gasteiger partial charge in [-0.15, -0.1) is 0 Å². The molecule has 0 aliphatic carbocycles. The molecule has 0 spiro atoms. The van der Waals surface area contributed by atoms with Crippen LogP contribution in [0.15, 0.2) is 6.20 Å². The van der Waals surface area contributed by atoms with Crippen LogP contribution in [-0.2, 0) is 11.3 Å². The van der Waals surface area contributed by atoms with E-state index in [0.29, 0.717) is 0 Å². The van der Waals surface area contributed by atoms with Crippen molar-refractivity contribution in [2.45, 2.75) is 20.4 Å². The van der Waals surface area contributed by atoms with E-state index in [-0.39, 0.29) is 0 Å². The van der Waals surface area contributed by atoms with Crippen molar-refractivity contribution in [1.29, 1.82) is 0 Å². The SMILES string of the molecule is CCOCCn1cc(C)[nH]c1=S. The van der Waals surface area contributed by atoms with E-state index in [1.807, 2.05) is 24.6 Å². The molecule has 0 aromatic carbocycles. The van der Waals surface area contributed by atoms with Gasteiger partial charge in [0.2, 0.25) is 0 Å². The number of hydrogen-bond donors (Lipinski definition) is 1. The molecule has 0 fully saturated rings. The molecule has 1 N–H and O–H groups in total. The highest BCUT2D eigenvalue weighted by Crippen LogP contribution is 1.96. The van der Waals surface area contributed by atoms with Crippen molar-refractivity contribution in [1.82, 2.24) is 9.55 Å². The summed E-state index contributed by atoms with van der Waals surface area (Å²) >= 11 is 5.07. The summed E-state index contributed by atoms with van der Waals surface area (Å²) in [4.78, 5) is 3.06. The number of aromatic amines is 1. The maximum Gasteiger partial charge on any atom is 0.177 e. The molecule has 0 bridgehead atoms. The van der Waals surface area contributed by atoms with E-state index in [4.69, 9.17) is 17.0 Å². The molecule has 0 radical (unpaired) electrons. The Kier molecular flexibility index (Phi) is 3.49. The third-order valence-corrected chi connectivity index (χ3v) is 1.93. The smallest absolute Gasteiger partial charge is 0.177 e. The Bertz CT molecular complexity index is 289. The molecule has 0 atom stereocenters. The van der Waals surface area contributed by atoms with Gasteiger partial charge >= 0.3 is 0 Å². The van der Waals surface area contributed by atoms with Gasteiger partial charge in [0.15, 0.2) is 4.77 Å². The molecule has 0 aliphatic heterocycles. The first-order chi connectivity index (χ1) is 5.74. The van der Waals surface area contributed by atoms with E-state index in [1.165, 1.54) is 0 Å². The predicted octanol–water partition coefficient (Wildman–Crippen LogP) is 1.89. The first-order valence-corrected chi connectivity index (χ1v) is 4.48. The molecule has 0 aliphatic rings. The fraction of sp³-hybridized carbons (Fsp3) is 0.625. The molecule has 1 heterocycles. The number of rotatable bonds is 4. The molecule has 3 nitrogen and oxygen atoms in total. The van der Waals surface area contributed by atoms with Crippen LogP contribution in [0.3, 0.4) is 0 Å². The summed E-state index contributed by atoms with van der Waals surface area (Å²) in [5.74, 6) is 0. The third kappa shape index (κ3) is 2.46. The molecule has 4 heteroatoms. The van der Waals surface area contributed by atoms with Crippen molar-refractivity contribution >= 4 is 12.2 Å². The maximum absolute atomic E-state index is 5.22. The number of nitrogens with one attached hydrogen (secondary N) is 1. The molecule has 0 unspecified atom stereocenters. The van der Waals surface area contributed by atoms with Gasteiger partial charge in [-0.25, -0.2) is 0 Å². The Morgan fingerprint density at radius 3 is 2.92 bits per heavy atom. The minimum absolute atomic E-state index is 0.724. The topological polar surface area (TPSA) is 29.9 Å². The Morgan fingerprint density at radius 2 is 2.42 bits per heavy atom. The largest absolute Gasteiger partial charge is 0.380 e. The molecule has 12 heavy (non-hydrogen) atoms. The molecule has 0 saturated heterocycles. The average molecular weight is 186 g/mol. The van der Waals surface area contributed by atoms with Crippen LogP contribution in [0.2, 0.25) is 0 Å². The van der Waals surface area contributed by atoms with Crippen LogP contribution in [0.1, 0.15) is 12.6 Å². The summed E-state index contributed by atoms with van der Waals surface area (Å²) < 4.78 is 7.98. The van der Waals surface area contributed by atoms with Crippen molar-refractivity contribution in [3.05, 3.63) is 16.7 Å². The lowest BCUT2D eigenvalue weighted by Crippen LogP contribution is -2.04. The summed E-state index contributed by atoms with van der Waals surface area (Å²) in [7, 11) is 0. The van der Waals surface area contributed by atoms with Crippen molar-refractivity contribution in [2.24, 2.45) is 0 Å². The van der Waals surface area contributed by atoms with Crippen LogP contribution in [-0.4, -0.2) is 22.8 Å². The molecular weight excluding hydrogens is 172 g/mol. The van der Waals surface area contributed by atoms with Gasteiger partial charge in [0.25, 0.3) is 0 Å². The van der Waals surface area contributed by atoms with Crippen molar-refractivity contribution in [3.63, 3.8) is 0 Å². The number of ether oxygens (including phenoxy) is 1. The number of aryl methyl sites for hydroxylation is 1. The van der Waals surface area contributed by atoms with Gasteiger partial charge in [0, 0.05) is 25.0 Å². The monoisotopic (exact) mass is 186 g/mol. The zero-order valence-electron chi connectivity index (χ0n) is 7.46. The zero-order valence-corrected chi connectivity index (χ0v) is 8.28. The lowest BCUT2D eigenvalue weighted by Gasteiger charge is -2.01.